The fourth-order valence-electron chi connectivity index (χ4n) is 9.52. The Balaban J connectivity index is 2.01. The van der Waals surface area contributed by atoms with E-state index in [1.165, 1.54) is 10.4 Å². The van der Waals surface area contributed by atoms with Gasteiger partial charge in [0.05, 0.1) is 32.0 Å². The smallest absolute Gasteiger partial charge is 0.261 e. The largest absolute Gasteiger partial charge is 0.497 e. The van der Waals surface area contributed by atoms with Gasteiger partial charge in [0.1, 0.15) is 19.6 Å². The first-order valence-electron chi connectivity index (χ1n) is 24.6. The molecule has 0 heterocycles. The van der Waals surface area contributed by atoms with E-state index in [0.29, 0.717) is 32.0 Å². The predicted molar refractivity (Wildman–Crippen MR) is 278 cm³/mol. The molecule has 0 aliphatic heterocycles. The SMILES string of the molecule is CC[C@H](CO[Si](c1ccccc1)(c1ccccc1)C(C)(C)C)C[C@H](C)[C@H](O[Si](CC)(CC)CC)[C@@H](C)[C@@H](OCc1ccc(OC)cc1)[C@@H](C)[C@@H](O)CC(=O)[C@@H](C)CCC#C[Si](C)(C)C. The van der Waals surface area contributed by atoms with E-state index < -0.39 is 30.8 Å². The van der Waals surface area contributed by atoms with E-state index in [0.717, 1.165) is 42.3 Å². The predicted octanol–water partition coefficient (Wildman–Crippen LogP) is 12.5. The molecule has 0 aliphatic carbocycles. The van der Waals surface area contributed by atoms with Crippen LogP contribution in [0.2, 0.25) is 42.8 Å². The van der Waals surface area contributed by atoms with E-state index >= 15 is 0 Å². The van der Waals surface area contributed by atoms with Crippen molar-refractivity contribution < 1.29 is 28.2 Å². The molecule has 8 atom stereocenters. The summed E-state index contributed by atoms with van der Waals surface area (Å²) in [6.07, 6.45) is 2.05. The lowest BCUT2D eigenvalue weighted by Gasteiger charge is -2.45. The van der Waals surface area contributed by atoms with Crippen LogP contribution in [0.25, 0.3) is 0 Å². The Morgan fingerprint density at radius 1 is 0.766 bits per heavy atom. The summed E-state index contributed by atoms with van der Waals surface area (Å²) in [7, 11) is -4.65. The number of carbonyl (C=O) groups excluding carboxylic acids is 1. The molecule has 3 aromatic carbocycles. The van der Waals surface area contributed by atoms with Gasteiger partial charge in [-0.05, 0) is 75.9 Å². The molecule has 0 bridgehead atoms. The van der Waals surface area contributed by atoms with E-state index in [1.54, 1.807) is 7.11 Å². The van der Waals surface area contributed by atoms with Gasteiger partial charge >= 0.3 is 0 Å². The zero-order chi connectivity index (χ0) is 47.7. The molecule has 0 radical (unpaired) electrons. The van der Waals surface area contributed by atoms with Crippen molar-refractivity contribution in [3.05, 3.63) is 90.5 Å². The van der Waals surface area contributed by atoms with E-state index in [2.05, 4.69) is 161 Å². The molecule has 0 amide bonds. The Morgan fingerprint density at radius 3 is 1.78 bits per heavy atom. The fraction of sp³-hybridized carbons (Fsp3) is 0.618. The van der Waals surface area contributed by atoms with Gasteiger partial charge in [-0.15, -0.1) is 11.5 Å². The first-order chi connectivity index (χ1) is 30.2. The third-order valence-corrected chi connectivity index (χ3v) is 24.6. The molecule has 64 heavy (non-hydrogen) atoms. The van der Waals surface area contributed by atoms with Crippen molar-refractivity contribution in [2.24, 2.45) is 29.6 Å². The van der Waals surface area contributed by atoms with Crippen molar-refractivity contribution in [1.29, 1.82) is 0 Å². The summed E-state index contributed by atoms with van der Waals surface area (Å²) in [6.45, 7) is 32.6. The lowest BCUT2D eigenvalue weighted by atomic mass is 9.78. The molecule has 3 rings (SSSR count). The van der Waals surface area contributed by atoms with Crippen LogP contribution in [0.1, 0.15) is 114 Å². The maximum Gasteiger partial charge on any atom is 0.261 e. The van der Waals surface area contributed by atoms with Crippen LogP contribution in [-0.4, -0.2) is 67.6 Å². The number of hydrogen-bond donors (Lipinski definition) is 1. The average molecular weight is 930 g/mol. The lowest BCUT2D eigenvalue weighted by molar-refractivity contribution is -0.129. The fourth-order valence-corrected chi connectivity index (χ4v) is 17.8. The maximum absolute atomic E-state index is 13.7. The number of benzene rings is 3. The number of carbonyl (C=O) groups is 1. The number of ether oxygens (including phenoxy) is 2. The molecule has 0 saturated carbocycles. The van der Waals surface area contributed by atoms with Gasteiger partial charge in [-0.2, -0.15) is 0 Å². The number of ketones is 1. The van der Waals surface area contributed by atoms with Crippen LogP contribution in [0, 0.1) is 41.1 Å². The monoisotopic (exact) mass is 929 g/mol. The van der Waals surface area contributed by atoms with E-state index in [9.17, 15) is 9.90 Å². The van der Waals surface area contributed by atoms with Gasteiger partial charge in [-0.3, -0.25) is 4.79 Å². The number of rotatable bonds is 27. The summed E-state index contributed by atoms with van der Waals surface area (Å²) in [5, 5.41) is 14.5. The van der Waals surface area contributed by atoms with Gasteiger partial charge < -0.3 is 23.4 Å². The van der Waals surface area contributed by atoms with Gasteiger partial charge in [0.15, 0.2) is 8.32 Å². The van der Waals surface area contributed by atoms with Crippen LogP contribution < -0.4 is 15.1 Å². The van der Waals surface area contributed by atoms with Crippen molar-refractivity contribution >= 4 is 40.9 Å². The van der Waals surface area contributed by atoms with Gasteiger partial charge in [0.2, 0.25) is 0 Å². The number of methoxy groups -OCH3 is 1. The molecular formula is C55H88O6Si3. The van der Waals surface area contributed by atoms with Crippen LogP contribution >= 0.6 is 0 Å². The van der Waals surface area contributed by atoms with Crippen molar-refractivity contribution in [3.8, 4) is 17.2 Å². The molecular weight excluding hydrogens is 841 g/mol. The zero-order valence-corrected chi connectivity index (χ0v) is 45.8. The second-order valence-electron chi connectivity index (χ2n) is 20.9. The molecule has 3 aromatic rings. The highest BCUT2D eigenvalue weighted by atomic mass is 28.4. The summed E-state index contributed by atoms with van der Waals surface area (Å²) < 4.78 is 27.6. The molecule has 0 spiro atoms. The Kier molecular flexibility index (Phi) is 22.5. The van der Waals surface area contributed by atoms with Gasteiger partial charge in [0, 0.05) is 37.2 Å². The van der Waals surface area contributed by atoms with Crippen molar-refractivity contribution in [2.75, 3.05) is 13.7 Å². The molecule has 356 valence electrons. The van der Waals surface area contributed by atoms with Gasteiger partial charge in [-0.25, -0.2) is 0 Å². The molecule has 0 aliphatic rings. The molecule has 0 aromatic heterocycles. The molecule has 1 N–H and O–H groups in total. The third-order valence-electron chi connectivity index (χ3n) is 14.0. The lowest BCUT2D eigenvalue weighted by Crippen LogP contribution is -2.66. The normalized spacial score (nSPS) is 16.4. The molecule has 0 unspecified atom stereocenters. The first-order valence-corrected chi connectivity index (χ1v) is 32.5. The van der Waals surface area contributed by atoms with Crippen LogP contribution in [0.15, 0.2) is 84.9 Å². The number of hydrogen-bond acceptors (Lipinski definition) is 6. The van der Waals surface area contributed by atoms with E-state index in [-0.39, 0.29) is 53.1 Å². The van der Waals surface area contributed by atoms with Crippen molar-refractivity contribution in [2.45, 2.75) is 176 Å². The quantitative estimate of drug-likeness (QED) is 0.0606. The number of aliphatic hydroxyl groups is 1. The third kappa shape index (κ3) is 15.6. The number of Topliss-reactive ketones (excluding diaryl/α,β-unsaturated/α-hetero) is 1. The molecule has 9 heteroatoms. The van der Waals surface area contributed by atoms with Crippen molar-refractivity contribution in [1.82, 2.24) is 0 Å². The highest BCUT2D eigenvalue weighted by molar-refractivity contribution is 6.99. The Labute approximate surface area is 394 Å². The maximum atomic E-state index is 13.7. The standard InChI is InChI=1S/C55H88O6Si3/c1-16-46(41-60-64(55(9,10)11,49-29-22-20-23-30-49)50-31-24-21-25-32-50)38-43(6)53(61-63(17-2,18-3)19-4)45(8)54(59-40-47-33-35-48(58-12)36-34-47)44(7)52(57)39-51(56)42(5)28-26-27-37-62(13,14)15/h20-25,29-36,42-46,52-54,57H,16-19,26,28,38-41H2,1-15H3/t42-,43-,44-,45+,46-,52-,53-,54-/m0/s1. The average Bonchev–Trinajstić information content (AvgIpc) is 3.28. The highest BCUT2D eigenvalue weighted by Gasteiger charge is 2.50. The van der Waals surface area contributed by atoms with E-state index in [4.69, 9.17) is 18.3 Å². The Morgan fingerprint density at radius 2 is 1.31 bits per heavy atom. The Hall–Kier alpha value is -2.82. The minimum absolute atomic E-state index is 0.0751. The van der Waals surface area contributed by atoms with Crippen LogP contribution in [0.4, 0.5) is 0 Å². The molecule has 6 nitrogen and oxygen atoms in total. The van der Waals surface area contributed by atoms with Crippen molar-refractivity contribution in [3.63, 3.8) is 0 Å². The topological polar surface area (TPSA) is 74.2 Å². The minimum Gasteiger partial charge on any atom is -0.497 e. The molecule has 0 fully saturated rings. The number of aliphatic hydroxyl groups excluding tert-OH is 1. The summed E-state index contributed by atoms with van der Waals surface area (Å²) in [5.74, 6) is 4.10. The summed E-state index contributed by atoms with van der Waals surface area (Å²) in [6, 6.07) is 33.0. The van der Waals surface area contributed by atoms with E-state index in [1.807, 2.05) is 31.2 Å². The van der Waals surface area contributed by atoms with Gasteiger partial charge in [0.25, 0.3) is 8.32 Å². The highest BCUT2D eigenvalue weighted by Crippen LogP contribution is 2.40. The zero-order valence-electron chi connectivity index (χ0n) is 42.8. The van der Waals surface area contributed by atoms with Crippen LogP contribution in [0.5, 0.6) is 5.75 Å². The second kappa shape index (κ2) is 25.9. The molecule has 0 saturated heterocycles. The summed E-state index contributed by atoms with van der Waals surface area (Å²) >= 11 is 0. The van der Waals surface area contributed by atoms with Crippen LogP contribution in [0.3, 0.4) is 0 Å². The Bertz CT molecular complexity index is 1790. The minimum atomic E-state index is -2.73. The first kappa shape index (κ1) is 55.5. The van der Waals surface area contributed by atoms with Gasteiger partial charge in [-0.1, -0.05) is 175 Å². The summed E-state index contributed by atoms with van der Waals surface area (Å²) in [4.78, 5) is 13.7. The summed E-state index contributed by atoms with van der Waals surface area (Å²) in [5.41, 5.74) is 4.45. The van der Waals surface area contributed by atoms with Crippen LogP contribution in [-0.2, 0) is 25.0 Å². The second-order valence-corrected chi connectivity index (χ2v) is 34.6.